The first-order valence-corrected chi connectivity index (χ1v) is 9.02. The fraction of sp³-hybridized carbons (Fsp3) is 0.250. The van der Waals surface area contributed by atoms with Gasteiger partial charge in [-0.2, -0.15) is 13.2 Å². The highest BCUT2D eigenvalue weighted by molar-refractivity contribution is 6.06. The number of anilines is 1. The number of fused-ring (bicyclic) bond motifs is 1. The van der Waals surface area contributed by atoms with Gasteiger partial charge in [0.2, 0.25) is 0 Å². The molecule has 2 aromatic carbocycles. The molecule has 0 saturated carbocycles. The van der Waals surface area contributed by atoms with E-state index in [1.54, 1.807) is 18.2 Å². The summed E-state index contributed by atoms with van der Waals surface area (Å²) in [5.74, 6) is -0.0734. The second kappa shape index (κ2) is 7.32. The van der Waals surface area contributed by atoms with E-state index in [2.05, 4.69) is 20.6 Å². The monoisotopic (exact) mass is 401 g/mol. The average molecular weight is 401 g/mol. The average Bonchev–Trinajstić information content (AvgIpc) is 3.15. The Labute approximate surface area is 164 Å². The number of primary amides is 1. The fourth-order valence-corrected chi connectivity index (χ4v) is 3.68. The van der Waals surface area contributed by atoms with Crippen molar-refractivity contribution in [2.24, 2.45) is 5.73 Å². The third-order valence-corrected chi connectivity index (χ3v) is 5.13. The second-order valence-corrected chi connectivity index (χ2v) is 6.92. The summed E-state index contributed by atoms with van der Waals surface area (Å²) < 4.78 is 38.5. The lowest BCUT2D eigenvalue weighted by Crippen LogP contribution is -2.28. The lowest BCUT2D eigenvalue weighted by Gasteiger charge is -2.22. The Balaban J connectivity index is 1.62. The van der Waals surface area contributed by atoms with Gasteiger partial charge in [-0.3, -0.25) is 4.79 Å². The summed E-state index contributed by atoms with van der Waals surface area (Å²) in [5, 5.41) is 7.27. The molecule has 3 aromatic rings. The SMILES string of the molecule is NC(=O)c1cccc2c(NC3CNC[C@H]3c3ccc(C(F)(F)F)cc3)ncnc12. The highest BCUT2D eigenvalue weighted by atomic mass is 19.4. The predicted molar refractivity (Wildman–Crippen MR) is 103 cm³/mol. The molecule has 0 radical (unpaired) electrons. The van der Waals surface area contributed by atoms with Gasteiger partial charge >= 0.3 is 6.18 Å². The summed E-state index contributed by atoms with van der Waals surface area (Å²) in [7, 11) is 0. The summed E-state index contributed by atoms with van der Waals surface area (Å²) in [4.78, 5) is 20.1. The number of para-hydroxylation sites is 1. The Morgan fingerprint density at radius 3 is 2.55 bits per heavy atom. The highest BCUT2D eigenvalue weighted by Crippen LogP contribution is 2.32. The lowest BCUT2D eigenvalue weighted by atomic mass is 9.93. The first-order chi connectivity index (χ1) is 13.8. The topological polar surface area (TPSA) is 92.9 Å². The molecular formula is C20H18F3N5O. The predicted octanol–water partition coefficient (Wildman–Crippen LogP) is 2.92. The number of hydrogen-bond donors (Lipinski definition) is 3. The van der Waals surface area contributed by atoms with E-state index in [4.69, 9.17) is 5.73 Å². The van der Waals surface area contributed by atoms with Crippen LogP contribution in [0.2, 0.25) is 0 Å². The quantitative estimate of drug-likeness (QED) is 0.625. The van der Waals surface area contributed by atoms with Crippen molar-refractivity contribution < 1.29 is 18.0 Å². The van der Waals surface area contributed by atoms with Gasteiger partial charge in [0.15, 0.2) is 0 Å². The largest absolute Gasteiger partial charge is 0.416 e. The van der Waals surface area contributed by atoms with Gasteiger partial charge in [0, 0.05) is 30.4 Å². The first-order valence-electron chi connectivity index (χ1n) is 9.02. The summed E-state index contributed by atoms with van der Waals surface area (Å²) in [6.07, 6.45) is -3.01. The summed E-state index contributed by atoms with van der Waals surface area (Å²) in [6, 6.07) is 10.2. The van der Waals surface area contributed by atoms with Gasteiger partial charge < -0.3 is 16.4 Å². The van der Waals surface area contributed by atoms with E-state index in [0.29, 0.717) is 35.4 Å². The molecule has 1 aliphatic rings. The molecule has 0 aliphatic carbocycles. The molecule has 1 fully saturated rings. The maximum atomic E-state index is 12.8. The molecule has 2 heterocycles. The summed E-state index contributed by atoms with van der Waals surface area (Å²) in [6.45, 7) is 1.24. The van der Waals surface area contributed by atoms with E-state index in [1.165, 1.54) is 18.5 Å². The van der Waals surface area contributed by atoms with Crippen LogP contribution in [0.3, 0.4) is 0 Å². The smallest absolute Gasteiger partial charge is 0.366 e. The van der Waals surface area contributed by atoms with E-state index < -0.39 is 17.6 Å². The number of carbonyl (C=O) groups is 1. The fourth-order valence-electron chi connectivity index (χ4n) is 3.68. The Morgan fingerprint density at radius 1 is 1.10 bits per heavy atom. The van der Waals surface area contributed by atoms with Crippen molar-refractivity contribution in [3.05, 3.63) is 65.5 Å². The number of hydrogen-bond acceptors (Lipinski definition) is 5. The minimum Gasteiger partial charge on any atom is -0.366 e. The zero-order valence-corrected chi connectivity index (χ0v) is 15.2. The van der Waals surface area contributed by atoms with Crippen LogP contribution >= 0.6 is 0 Å². The standard InChI is InChI=1S/C20H18F3N5O/c21-20(22,23)12-6-4-11(5-7-12)15-8-25-9-16(15)28-19-14-3-1-2-13(18(24)29)17(14)26-10-27-19/h1-7,10,15-16,25H,8-9H2,(H2,24,29)(H,26,27,28)/t15-,16?/m0/s1. The van der Waals surface area contributed by atoms with Crippen LogP contribution in [-0.2, 0) is 6.18 Å². The van der Waals surface area contributed by atoms with Gasteiger partial charge in [0.25, 0.3) is 5.91 Å². The van der Waals surface area contributed by atoms with E-state index in [9.17, 15) is 18.0 Å². The number of rotatable bonds is 4. The Morgan fingerprint density at radius 2 is 1.86 bits per heavy atom. The van der Waals surface area contributed by atoms with Crippen LogP contribution < -0.4 is 16.4 Å². The Kier molecular flexibility index (Phi) is 4.83. The number of alkyl halides is 3. The van der Waals surface area contributed by atoms with E-state index in [0.717, 1.165) is 17.7 Å². The van der Waals surface area contributed by atoms with Crippen molar-refractivity contribution in [2.75, 3.05) is 18.4 Å². The molecule has 1 amide bonds. The summed E-state index contributed by atoms with van der Waals surface area (Å²) in [5.41, 5.74) is 6.31. The third kappa shape index (κ3) is 3.73. The second-order valence-electron chi connectivity index (χ2n) is 6.92. The molecule has 6 nitrogen and oxygen atoms in total. The number of benzene rings is 2. The van der Waals surface area contributed by atoms with Crippen LogP contribution in [0, 0.1) is 0 Å². The van der Waals surface area contributed by atoms with E-state index >= 15 is 0 Å². The zero-order chi connectivity index (χ0) is 20.6. The molecule has 9 heteroatoms. The van der Waals surface area contributed by atoms with Crippen molar-refractivity contribution in [1.82, 2.24) is 15.3 Å². The van der Waals surface area contributed by atoms with Crippen LogP contribution in [0.1, 0.15) is 27.4 Å². The van der Waals surface area contributed by atoms with Crippen molar-refractivity contribution in [3.8, 4) is 0 Å². The third-order valence-electron chi connectivity index (χ3n) is 5.13. The van der Waals surface area contributed by atoms with Gasteiger partial charge in [0.1, 0.15) is 12.1 Å². The van der Waals surface area contributed by atoms with Crippen molar-refractivity contribution in [1.29, 1.82) is 0 Å². The highest BCUT2D eigenvalue weighted by Gasteiger charge is 2.32. The van der Waals surface area contributed by atoms with Gasteiger partial charge in [-0.25, -0.2) is 9.97 Å². The normalized spacial score (nSPS) is 19.4. The molecule has 1 aromatic heterocycles. The molecule has 1 unspecified atom stereocenters. The number of amides is 1. The van der Waals surface area contributed by atoms with Crippen LogP contribution in [0.15, 0.2) is 48.8 Å². The van der Waals surface area contributed by atoms with E-state index in [1.807, 2.05) is 0 Å². The van der Waals surface area contributed by atoms with Crippen LogP contribution in [0.5, 0.6) is 0 Å². The molecule has 4 rings (SSSR count). The number of nitrogens with one attached hydrogen (secondary N) is 2. The zero-order valence-electron chi connectivity index (χ0n) is 15.2. The van der Waals surface area contributed by atoms with Crippen LogP contribution in [-0.4, -0.2) is 35.0 Å². The molecule has 4 N–H and O–H groups in total. The molecule has 150 valence electrons. The number of aromatic nitrogens is 2. The molecular weight excluding hydrogens is 383 g/mol. The molecule has 2 atom stereocenters. The van der Waals surface area contributed by atoms with Gasteiger partial charge in [-0.15, -0.1) is 0 Å². The first kappa shape index (κ1) is 19.1. The maximum absolute atomic E-state index is 12.8. The minimum atomic E-state index is -4.36. The molecule has 1 saturated heterocycles. The number of carbonyl (C=O) groups excluding carboxylic acids is 1. The van der Waals surface area contributed by atoms with Crippen molar-refractivity contribution >= 4 is 22.6 Å². The van der Waals surface area contributed by atoms with E-state index in [-0.39, 0.29) is 12.0 Å². The van der Waals surface area contributed by atoms with Gasteiger partial charge in [0.05, 0.1) is 16.6 Å². The number of nitrogens with two attached hydrogens (primary N) is 1. The Hall–Kier alpha value is -3.20. The maximum Gasteiger partial charge on any atom is 0.416 e. The van der Waals surface area contributed by atoms with Crippen molar-refractivity contribution in [2.45, 2.75) is 18.1 Å². The number of halogens is 3. The van der Waals surface area contributed by atoms with Crippen LogP contribution in [0.25, 0.3) is 10.9 Å². The van der Waals surface area contributed by atoms with Crippen molar-refractivity contribution in [3.63, 3.8) is 0 Å². The molecule has 1 aliphatic heterocycles. The summed E-state index contributed by atoms with van der Waals surface area (Å²) >= 11 is 0. The molecule has 0 bridgehead atoms. The molecule has 29 heavy (non-hydrogen) atoms. The molecule has 0 spiro atoms. The van der Waals surface area contributed by atoms with Crippen LogP contribution in [0.4, 0.5) is 19.0 Å². The lowest BCUT2D eigenvalue weighted by molar-refractivity contribution is -0.137. The van der Waals surface area contributed by atoms with Gasteiger partial charge in [-0.1, -0.05) is 18.2 Å². The van der Waals surface area contributed by atoms with Gasteiger partial charge in [-0.05, 0) is 29.8 Å². The minimum absolute atomic E-state index is 0.0402. The number of nitrogens with zero attached hydrogens (tertiary/aromatic N) is 2. The Bertz CT molecular complexity index is 1050.